The number of likely N-dealkylation sites (N-methyl/N-ethyl adjacent to an activating group) is 1. The largest absolute Gasteiger partial charge is 0.309 e. The molecule has 0 unspecified atom stereocenters. The fourth-order valence-corrected chi connectivity index (χ4v) is 1.21. The first-order chi connectivity index (χ1) is 5.70. The summed E-state index contributed by atoms with van der Waals surface area (Å²) in [6.07, 6.45) is 5.27. The molecule has 12 heavy (non-hydrogen) atoms. The minimum atomic E-state index is 0.452. The zero-order valence-electron chi connectivity index (χ0n) is 7.86. The van der Waals surface area contributed by atoms with Crippen molar-refractivity contribution >= 4 is 0 Å². The fourth-order valence-electron chi connectivity index (χ4n) is 1.21. The summed E-state index contributed by atoms with van der Waals surface area (Å²) in [5.41, 5.74) is 1.06. The maximum absolute atomic E-state index is 4.24. The second-order valence-corrected chi connectivity index (χ2v) is 3.29. The van der Waals surface area contributed by atoms with Crippen molar-refractivity contribution in [3.8, 4) is 0 Å². The predicted molar refractivity (Wildman–Crippen MR) is 49.0 cm³/mol. The Morgan fingerprint density at radius 3 is 2.67 bits per heavy atom. The molecule has 0 fully saturated rings. The van der Waals surface area contributed by atoms with Gasteiger partial charge in [0, 0.05) is 31.1 Å². The summed E-state index contributed by atoms with van der Waals surface area (Å²) < 4.78 is 0. The SMILES string of the molecule is C[C@H](CN(C)C)c1cnccn1. The smallest absolute Gasteiger partial charge is 0.0627 e. The standard InChI is InChI=1S/C9H15N3/c1-8(7-12(2)3)9-6-10-4-5-11-9/h4-6,8H,7H2,1-3H3/t8-/m1/s1. The van der Waals surface area contributed by atoms with Crippen LogP contribution in [0.3, 0.4) is 0 Å². The summed E-state index contributed by atoms with van der Waals surface area (Å²) in [5.74, 6) is 0.452. The molecule has 66 valence electrons. The first-order valence-corrected chi connectivity index (χ1v) is 4.11. The van der Waals surface area contributed by atoms with E-state index in [1.54, 1.807) is 12.4 Å². The predicted octanol–water partition coefficient (Wildman–Crippen LogP) is 1.14. The van der Waals surface area contributed by atoms with Gasteiger partial charge in [-0.3, -0.25) is 9.97 Å². The molecule has 0 spiro atoms. The van der Waals surface area contributed by atoms with E-state index < -0.39 is 0 Å². The van der Waals surface area contributed by atoms with Crippen molar-refractivity contribution in [2.75, 3.05) is 20.6 Å². The van der Waals surface area contributed by atoms with Gasteiger partial charge in [0.15, 0.2) is 0 Å². The van der Waals surface area contributed by atoms with Gasteiger partial charge in [-0.25, -0.2) is 0 Å². The molecule has 0 aromatic carbocycles. The Hall–Kier alpha value is -0.960. The van der Waals surface area contributed by atoms with Crippen molar-refractivity contribution in [1.29, 1.82) is 0 Å². The van der Waals surface area contributed by atoms with Crippen LogP contribution in [-0.4, -0.2) is 35.5 Å². The van der Waals surface area contributed by atoms with Crippen molar-refractivity contribution in [1.82, 2.24) is 14.9 Å². The van der Waals surface area contributed by atoms with E-state index in [4.69, 9.17) is 0 Å². The van der Waals surface area contributed by atoms with E-state index in [-0.39, 0.29) is 0 Å². The van der Waals surface area contributed by atoms with Crippen LogP contribution in [0.2, 0.25) is 0 Å². The van der Waals surface area contributed by atoms with Crippen LogP contribution in [0.5, 0.6) is 0 Å². The molecule has 3 heteroatoms. The van der Waals surface area contributed by atoms with Crippen LogP contribution >= 0.6 is 0 Å². The maximum Gasteiger partial charge on any atom is 0.0627 e. The monoisotopic (exact) mass is 165 g/mol. The molecule has 0 radical (unpaired) electrons. The van der Waals surface area contributed by atoms with Crippen LogP contribution in [0.15, 0.2) is 18.6 Å². The molecule has 0 N–H and O–H groups in total. The van der Waals surface area contributed by atoms with Gasteiger partial charge in [0.05, 0.1) is 5.69 Å². The summed E-state index contributed by atoms with van der Waals surface area (Å²) in [6.45, 7) is 3.17. The van der Waals surface area contributed by atoms with E-state index in [0.717, 1.165) is 12.2 Å². The molecule has 3 nitrogen and oxygen atoms in total. The van der Waals surface area contributed by atoms with Gasteiger partial charge < -0.3 is 4.90 Å². The summed E-state index contributed by atoms with van der Waals surface area (Å²) >= 11 is 0. The fraction of sp³-hybridized carbons (Fsp3) is 0.556. The quantitative estimate of drug-likeness (QED) is 0.672. The topological polar surface area (TPSA) is 29.0 Å². The minimum absolute atomic E-state index is 0.452. The third-order valence-electron chi connectivity index (χ3n) is 1.73. The molecule has 0 aliphatic carbocycles. The number of hydrogen-bond donors (Lipinski definition) is 0. The summed E-state index contributed by atoms with van der Waals surface area (Å²) in [7, 11) is 4.12. The van der Waals surface area contributed by atoms with Gasteiger partial charge in [0.1, 0.15) is 0 Å². The third-order valence-corrected chi connectivity index (χ3v) is 1.73. The van der Waals surface area contributed by atoms with Gasteiger partial charge in [-0.05, 0) is 14.1 Å². The van der Waals surface area contributed by atoms with Crippen molar-refractivity contribution in [2.45, 2.75) is 12.8 Å². The Labute approximate surface area is 73.5 Å². The molecule has 1 heterocycles. The molecule has 0 aliphatic heterocycles. The van der Waals surface area contributed by atoms with Crippen LogP contribution in [-0.2, 0) is 0 Å². The van der Waals surface area contributed by atoms with Crippen LogP contribution in [0.25, 0.3) is 0 Å². The van der Waals surface area contributed by atoms with Gasteiger partial charge >= 0.3 is 0 Å². The van der Waals surface area contributed by atoms with Gasteiger partial charge in [-0.1, -0.05) is 6.92 Å². The van der Waals surface area contributed by atoms with Gasteiger partial charge in [-0.2, -0.15) is 0 Å². The van der Waals surface area contributed by atoms with E-state index >= 15 is 0 Å². The first-order valence-electron chi connectivity index (χ1n) is 4.11. The average molecular weight is 165 g/mol. The van der Waals surface area contributed by atoms with E-state index in [2.05, 4.69) is 35.9 Å². The van der Waals surface area contributed by atoms with Crippen molar-refractivity contribution in [2.24, 2.45) is 0 Å². The number of aromatic nitrogens is 2. The Kier molecular flexibility index (Phi) is 3.17. The zero-order chi connectivity index (χ0) is 8.97. The molecular weight excluding hydrogens is 150 g/mol. The summed E-state index contributed by atoms with van der Waals surface area (Å²) in [5, 5.41) is 0. The Bertz CT molecular complexity index is 220. The Morgan fingerprint density at radius 1 is 1.42 bits per heavy atom. The normalized spacial score (nSPS) is 13.3. The first kappa shape index (κ1) is 9.13. The van der Waals surface area contributed by atoms with E-state index in [9.17, 15) is 0 Å². The molecule has 1 aromatic rings. The molecule has 0 saturated heterocycles. The van der Waals surface area contributed by atoms with Crippen molar-refractivity contribution < 1.29 is 0 Å². The lowest BCUT2D eigenvalue weighted by Gasteiger charge is -2.15. The number of rotatable bonds is 3. The Morgan fingerprint density at radius 2 is 2.17 bits per heavy atom. The van der Waals surface area contributed by atoms with Crippen LogP contribution in [0.4, 0.5) is 0 Å². The van der Waals surface area contributed by atoms with Crippen molar-refractivity contribution in [3.63, 3.8) is 0 Å². The van der Waals surface area contributed by atoms with Crippen molar-refractivity contribution in [3.05, 3.63) is 24.3 Å². The molecule has 0 bridgehead atoms. The third kappa shape index (κ3) is 2.58. The van der Waals surface area contributed by atoms with E-state index in [1.807, 2.05) is 6.20 Å². The van der Waals surface area contributed by atoms with E-state index in [1.165, 1.54) is 0 Å². The van der Waals surface area contributed by atoms with Crippen LogP contribution in [0.1, 0.15) is 18.5 Å². The molecule has 1 rings (SSSR count). The Balaban J connectivity index is 2.59. The lowest BCUT2D eigenvalue weighted by atomic mass is 10.1. The highest BCUT2D eigenvalue weighted by Gasteiger charge is 2.06. The van der Waals surface area contributed by atoms with Gasteiger partial charge in [-0.15, -0.1) is 0 Å². The number of nitrogens with zero attached hydrogens (tertiary/aromatic N) is 3. The second-order valence-electron chi connectivity index (χ2n) is 3.29. The summed E-state index contributed by atoms with van der Waals surface area (Å²) in [6, 6.07) is 0. The molecule has 0 saturated carbocycles. The molecule has 0 amide bonds. The highest BCUT2D eigenvalue weighted by atomic mass is 15.1. The molecular formula is C9H15N3. The van der Waals surface area contributed by atoms with Gasteiger partial charge in [0.25, 0.3) is 0 Å². The maximum atomic E-state index is 4.24. The molecule has 1 aromatic heterocycles. The molecule has 1 atom stereocenters. The van der Waals surface area contributed by atoms with Crippen LogP contribution in [0, 0.1) is 0 Å². The zero-order valence-corrected chi connectivity index (χ0v) is 7.86. The number of hydrogen-bond acceptors (Lipinski definition) is 3. The van der Waals surface area contributed by atoms with Crippen LogP contribution < -0.4 is 0 Å². The van der Waals surface area contributed by atoms with E-state index in [0.29, 0.717) is 5.92 Å². The molecule has 0 aliphatic rings. The highest BCUT2D eigenvalue weighted by Crippen LogP contribution is 2.10. The van der Waals surface area contributed by atoms with Gasteiger partial charge in [0.2, 0.25) is 0 Å². The summed E-state index contributed by atoms with van der Waals surface area (Å²) in [4.78, 5) is 10.4. The highest BCUT2D eigenvalue weighted by molar-refractivity contribution is 5.02. The lowest BCUT2D eigenvalue weighted by molar-refractivity contribution is 0.380. The average Bonchev–Trinajstić information content (AvgIpc) is 2.05. The lowest BCUT2D eigenvalue weighted by Crippen LogP contribution is -2.19. The minimum Gasteiger partial charge on any atom is -0.309 e. The second kappa shape index (κ2) is 4.16.